The molecule has 0 aromatic heterocycles. The van der Waals surface area contributed by atoms with Crippen LogP contribution in [0.3, 0.4) is 0 Å². The SMILES string of the molecule is O=C1C(c2ccccc2)=C(c2ccccc2)C(c2ccccc2)=C1c1ccccc1-c1ccccc1C1=C(c2ccccc2)C(c2ccccc2)=C(c2ccccc2)C1=O. The lowest BCUT2D eigenvalue weighted by Crippen LogP contribution is -2.06. The normalized spacial score (nSPS) is 14.1. The summed E-state index contributed by atoms with van der Waals surface area (Å²) in [6.07, 6.45) is 0. The van der Waals surface area contributed by atoms with Gasteiger partial charge in [-0.2, -0.15) is 0 Å². The quantitative estimate of drug-likeness (QED) is 0.147. The van der Waals surface area contributed by atoms with Crippen molar-refractivity contribution in [3.05, 3.63) is 275 Å². The second-order valence-electron chi connectivity index (χ2n) is 14.9. The second-order valence-corrected chi connectivity index (χ2v) is 14.9. The average Bonchev–Trinajstić information content (AvgIpc) is 3.81. The maximum absolute atomic E-state index is 15.5. The molecular formula is C58H38O2. The van der Waals surface area contributed by atoms with Gasteiger partial charge in [0, 0.05) is 44.6 Å². The van der Waals surface area contributed by atoms with Crippen molar-refractivity contribution in [3.63, 3.8) is 0 Å². The van der Waals surface area contributed by atoms with E-state index in [2.05, 4.69) is 72.8 Å². The molecule has 0 heterocycles. The Bertz CT molecular complexity index is 2830. The second kappa shape index (κ2) is 15.8. The molecule has 0 atom stereocenters. The summed E-state index contributed by atoms with van der Waals surface area (Å²) in [5, 5.41) is 0. The first-order valence-corrected chi connectivity index (χ1v) is 20.3. The molecule has 0 saturated carbocycles. The molecule has 0 spiro atoms. The monoisotopic (exact) mass is 766 g/mol. The standard InChI is InChI=1S/C58H38O2/c59-57-53(43-31-15-5-16-32-43)49(39-23-7-1-8-24-39)51(41-27-11-3-12-28-41)55(57)47-37-21-19-35-45(47)46-36-20-22-38-48(46)56-52(42-29-13-4-14-30-42)50(40-25-9-2-10-26-40)54(58(56)60)44-33-17-6-18-34-44/h1-38H. The van der Waals surface area contributed by atoms with E-state index < -0.39 is 0 Å². The van der Waals surface area contributed by atoms with Gasteiger partial charge in [-0.3, -0.25) is 9.59 Å². The number of hydrogen-bond donors (Lipinski definition) is 0. The third kappa shape index (κ3) is 6.32. The number of benzene rings is 8. The molecule has 8 aromatic rings. The number of carbonyl (C=O) groups excluding carboxylic acids is 2. The van der Waals surface area contributed by atoms with E-state index in [0.717, 1.165) is 77.9 Å². The first-order valence-electron chi connectivity index (χ1n) is 20.3. The zero-order chi connectivity index (χ0) is 40.4. The lowest BCUT2D eigenvalue weighted by Gasteiger charge is -2.19. The van der Waals surface area contributed by atoms with Gasteiger partial charge in [-0.1, -0.05) is 231 Å². The zero-order valence-electron chi connectivity index (χ0n) is 32.8. The summed E-state index contributed by atoms with van der Waals surface area (Å²) >= 11 is 0. The minimum Gasteiger partial charge on any atom is -0.289 e. The predicted molar refractivity (Wildman–Crippen MR) is 248 cm³/mol. The van der Waals surface area contributed by atoms with Gasteiger partial charge in [0.05, 0.1) is 0 Å². The molecule has 0 radical (unpaired) electrons. The molecule has 10 rings (SSSR count). The van der Waals surface area contributed by atoms with Crippen LogP contribution in [0, 0.1) is 0 Å². The van der Waals surface area contributed by atoms with Crippen LogP contribution in [0.25, 0.3) is 55.7 Å². The maximum atomic E-state index is 15.5. The Morgan fingerprint density at radius 1 is 0.167 bits per heavy atom. The highest BCUT2D eigenvalue weighted by molar-refractivity contribution is 6.60. The number of Topliss-reactive ketones (excluding diaryl/α,β-unsaturated/α-hetero) is 2. The van der Waals surface area contributed by atoms with Crippen molar-refractivity contribution in [3.8, 4) is 11.1 Å². The maximum Gasteiger partial charge on any atom is 0.195 e. The minimum atomic E-state index is -0.0376. The summed E-state index contributed by atoms with van der Waals surface area (Å²) in [7, 11) is 0. The predicted octanol–water partition coefficient (Wildman–Crippen LogP) is 13.6. The highest BCUT2D eigenvalue weighted by Gasteiger charge is 2.39. The van der Waals surface area contributed by atoms with Gasteiger partial charge in [-0.15, -0.1) is 0 Å². The first-order chi connectivity index (χ1) is 29.7. The van der Waals surface area contributed by atoms with Gasteiger partial charge in [0.2, 0.25) is 0 Å². The molecule has 0 amide bonds. The van der Waals surface area contributed by atoms with Gasteiger partial charge in [0.15, 0.2) is 11.6 Å². The number of carbonyl (C=O) groups is 2. The molecule has 282 valence electrons. The molecule has 0 saturated heterocycles. The van der Waals surface area contributed by atoms with E-state index >= 15 is 9.59 Å². The van der Waals surface area contributed by atoms with E-state index in [1.54, 1.807) is 0 Å². The largest absolute Gasteiger partial charge is 0.289 e. The zero-order valence-corrected chi connectivity index (χ0v) is 32.8. The lowest BCUT2D eigenvalue weighted by molar-refractivity contribution is -0.109. The fourth-order valence-corrected chi connectivity index (χ4v) is 8.92. The molecule has 0 aliphatic heterocycles. The van der Waals surface area contributed by atoms with Crippen molar-refractivity contribution in [2.24, 2.45) is 0 Å². The number of rotatable bonds is 9. The molecular weight excluding hydrogens is 729 g/mol. The summed E-state index contributed by atoms with van der Waals surface area (Å²) in [4.78, 5) is 31.0. The van der Waals surface area contributed by atoms with Gasteiger partial charge in [-0.25, -0.2) is 0 Å². The molecule has 2 nitrogen and oxygen atoms in total. The van der Waals surface area contributed by atoms with Crippen molar-refractivity contribution in [2.75, 3.05) is 0 Å². The van der Waals surface area contributed by atoms with Gasteiger partial charge in [0.25, 0.3) is 0 Å². The molecule has 60 heavy (non-hydrogen) atoms. The van der Waals surface area contributed by atoms with Crippen LogP contribution in [-0.2, 0) is 9.59 Å². The molecule has 0 N–H and O–H groups in total. The van der Waals surface area contributed by atoms with Crippen molar-refractivity contribution in [2.45, 2.75) is 0 Å². The fraction of sp³-hybridized carbons (Fsp3) is 0. The first kappa shape index (κ1) is 36.4. The number of ketones is 2. The van der Waals surface area contributed by atoms with E-state index in [0.29, 0.717) is 22.3 Å². The smallest absolute Gasteiger partial charge is 0.195 e. The Kier molecular flexibility index (Phi) is 9.57. The third-order valence-electron chi connectivity index (χ3n) is 11.5. The Hall–Kier alpha value is -7.94. The molecule has 2 heteroatoms. The average molecular weight is 767 g/mol. The summed E-state index contributed by atoms with van der Waals surface area (Å²) < 4.78 is 0. The van der Waals surface area contributed by atoms with Crippen molar-refractivity contribution in [1.82, 2.24) is 0 Å². The van der Waals surface area contributed by atoms with Gasteiger partial charge in [0.1, 0.15) is 0 Å². The number of allylic oxidation sites excluding steroid dienone is 8. The van der Waals surface area contributed by atoms with Crippen molar-refractivity contribution in [1.29, 1.82) is 0 Å². The van der Waals surface area contributed by atoms with E-state index in [9.17, 15) is 0 Å². The van der Waals surface area contributed by atoms with E-state index in [1.807, 2.05) is 158 Å². The van der Waals surface area contributed by atoms with Crippen LogP contribution in [0.4, 0.5) is 0 Å². The highest BCUT2D eigenvalue weighted by Crippen LogP contribution is 2.54. The van der Waals surface area contributed by atoms with Crippen molar-refractivity contribution >= 4 is 56.2 Å². The fourth-order valence-electron chi connectivity index (χ4n) is 8.92. The Morgan fingerprint density at radius 3 is 0.600 bits per heavy atom. The third-order valence-corrected chi connectivity index (χ3v) is 11.5. The van der Waals surface area contributed by atoms with Gasteiger partial charge >= 0.3 is 0 Å². The summed E-state index contributed by atoms with van der Waals surface area (Å²) in [5.74, 6) is -0.0753. The molecule has 0 unspecified atom stereocenters. The minimum absolute atomic E-state index is 0.0376. The topological polar surface area (TPSA) is 34.1 Å². The van der Waals surface area contributed by atoms with Crippen molar-refractivity contribution < 1.29 is 9.59 Å². The van der Waals surface area contributed by atoms with Crippen LogP contribution in [0.1, 0.15) is 44.5 Å². The van der Waals surface area contributed by atoms with E-state index in [-0.39, 0.29) is 11.6 Å². The van der Waals surface area contributed by atoms with Crippen LogP contribution in [0.2, 0.25) is 0 Å². The lowest BCUT2D eigenvalue weighted by atomic mass is 9.83. The Labute approximate surface area is 350 Å². The summed E-state index contributed by atoms with van der Waals surface area (Å²) in [5.41, 5.74) is 15.1. The summed E-state index contributed by atoms with van der Waals surface area (Å²) in [6.45, 7) is 0. The molecule has 2 aliphatic carbocycles. The van der Waals surface area contributed by atoms with Crippen LogP contribution < -0.4 is 0 Å². The molecule has 0 bridgehead atoms. The molecule has 2 aliphatic rings. The molecule has 0 fully saturated rings. The van der Waals surface area contributed by atoms with Gasteiger partial charge < -0.3 is 0 Å². The van der Waals surface area contributed by atoms with Crippen LogP contribution in [0.5, 0.6) is 0 Å². The number of hydrogen-bond acceptors (Lipinski definition) is 2. The summed E-state index contributed by atoms with van der Waals surface area (Å²) in [6, 6.07) is 77.3. The van der Waals surface area contributed by atoms with Crippen LogP contribution in [-0.4, -0.2) is 11.6 Å². The van der Waals surface area contributed by atoms with Gasteiger partial charge in [-0.05, 0) is 55.6 Å². The van der Waals surface area contributed by atoms with Crippen LogP contribution in [0.15, 0.2) is 231 Å². The Morgan fingerprint density at radius 2 is 0.350 bits per heavy atom. The van der Waals surface area contributed by atoms with Crippen LogP contribution >= 0.6 is 0 Å². The van der Waals surface area contributed by atoms with E-state index in [4.69, 9.17) is 0 Å². The highest BCUT2D eigenvalue weighted by atomic mass is 16.1. The molecule has 8 aromatic carbocycles. The van der Waals surface area contributed by atoms with E-state index in [1.165, 1.54) is 0 Å². The Balaban J connectivity index is 1.25.